The second-order valence-corrected chi connectivity index (χ2v) is 9.26. The minimum Gasteiger partial charge on any atom is -0.356 e. The van der Waals surface area contributed by atoms with E-state index in [0.717, 1.165) is 18.9 Å². The van der Waals surface area contributed by atoms with Crippen molar-refractivity contribution in [3.05, 3.63) is 29.8 Å². The molecule has 2 N–H and O–H groups in total. The zero-order valence-corrected chi connectivity index (χ0v) is 18.6. The Kier molecular flexibility index (Phi) is 6.80. The normalized spacial score (nSPS) is 23.8. The van der Waals surface area contributed by atoms with Gasteiger partial charge in [-0.2, -0.15) is 0 Å². The van der Waals surface area contributed by atoms with Gasteiger partial charge in [-0.3, -0.25) is 23.9 Å². The number of pyridine rings is 1. The highest BCUT2D eigenvalue weighted by Crippen LogP contribution is 2.55. The fourth-order valence-electron chi connectivity index (χ4n) is 4.67. The predicted octanol–water partition coefficient (Wildman–Crippen LogP) is 1.33. The minimum absolute atomic E-state index is 0.195. The Labute approximate surface area is 197 Å². The zero-order chi connectivity index (χ0) is 25.4. The van der Waals surface area contributed by atoms with Gasteiger partial charge in [-0.05, 0) is 49.7 Å². The van der Waals surface area contributed by atoms with Crippen LogP contribution in [0.3, 0.4) is 0 Å². The third kappa shape index (κ3) is 5.77. The molecule has 3 fully saturated rings. The van der Waals surface area contributed by atoms with Crippen molar-refractivity contribution in [3.8, 4) is 0 Å². The summed E-state index contributed by atoms with van der Waals surface area (Å²) in [6.07, 6.45) is -1.87. The number of nitrogens with one attached hydrogen (secondary N) is 2. The molecule has 13 heteroatoms. The fraction of sp³-hybridized carbons (Fsp3) is 0.591. The van der Waals surface area contributed by atoms with Crippen LogP contribution in [0.4, 0.5) is 17.6 Å². The molecular formula is C22H24F4N4O5. The number of ether oxygens (including phenoxy) is 1. The summed E-state index contributed by atoms with van der Waals surface area (Å²) in [6, 6.07) is -0.109. The van der Waals surface area contributed by atoms with E-state index in [4.69, 9.17) is 0 Å². The SMILES string of the molecule is O=C1NCC[C@H]1C[C@H](NC(=O)[C@@H]1CC2(CC2)CN1C(=O)c1ncccc1F)C(=O)COC(F)(F)F. The summed E-state index contributed by atoms with van der Waals surface area (Å²) >= 11 is 0. The highest BCUT2D eigenvalue weighted by molar-refractivity contribution is 5.98. The smallest absolute Gasteiger partial charge is 0.356 e. The van der Waals surface area contributed by atoms with Gasteiger partial charge in [-0.15, -0.1) is 13.2 Å². The Morgan fingerprint density at radius 3 is 2.66 bits per heavy atom. The second-order valence-electron chi connectivity index (χ2n) is 9.26. The zero-order valence-electron chi connectivity index (χ0n) is 18.6. The van der Waals surface area contributed by atoms with Crippen LogP contribution in [0.1, 0.15) is 42.6 Å². The van der Waals surface area contributed by atoms with Crippen molar-refractivity contribution in [2.24, 2.45) is 11.3 Å². The lowest BCUT2D eigenvalue weighted by atomic mass is 9.95. The van der Waals surface area contributed by atoms with Gasteiger partial charge in [0.05, 0.1) is 6.04 Å². The average Bonchev–Trinajstić information content (AvgIpc) is 3.26. The van der Waals surface area contributed by atoms with Crippen LogP contribution < -0.4 is 10.6 Å². The van der Waals surface area contributed by atoms with Gasteiger partial charge in [0, 0.05) is 25.2 Å². The lowest BCUT2D eigenvalue weighted by Gasteiger charge is -2.27. The molecule has 0 aromatic carbocycles. The lowest BCUT2D eigenvalue weighted by molar-refractivity contribution is -0.321. The number of ketones is 1. The van der Waals surface area contributed by atoms with Crippen LogP contribution in [0.15, 0.2) is 18.3 Å². The Hall–Kier alpha value is -3.09. The molecule has 35 heavy (non-hydrogen) atoms. The number of rotatable bonds is 8. The molecule has 3 heterocycles. The summed E-state index contributed by atoms with van der Waals surface area (Å²) in [5.74, 6) is -4.49. The summed E-state index contributed by atoms with van der Waals surface area (Å²) in [6.45, 7) is -0.791. The first-order chi connectivity index (χ1) is 16.5. The number of hydrogen-bond donors (Lipinski definition) is 2. The third-order valence-electron chi connectivity index (χ3n) is 6.76. The predicted molar refractivity (Wildman–Crippen MR) is 110 cm³/mol. The average molecular weight is 500 g/mol. The standard InChI is InChI=1S/C22H24F4N4O5/c23-13-2-1-6-27-17(13)20(34)30-11-21(4-5-21)9-15(30)19(33)29-14(8-12-3-7-28-18(12)32)16(31)10-35-22(24,25)26/h1-2,6,12,14-15H,3-5,7-11H2,(H,28,32)(H,29,33)/t12-,14-,15-/m0/s1. The maximum atomic E-state index is 14.2. The van der Waals surface area contributed by atoms with Crippen LogP contribution in [0.25, 0.3) is 0 Å². The van der Waals surface area contributed by atoms with Crippen LogP contribution in [0.2, 0.25) is 0 Å². The lowest BCUT2D eigenvalue weighted by Crippen LogP contribution is -2.52. The van der Waals surface area contributed by atoms with E-state index in [1.165, 1.54) is 17.2 Å². The van der Waals surface area contributed by atoms with Gasteiger partial charge >= 0.3 is 6.36 Å². The number of alkyl halides is 3. The molecule has 0 unspecified atom stereocenters. The highest BCUT2D eigenvalue weighted by atomic mass is 19.4. The van der Waals surface area contributed by atoms with Gasteiger partial charge in [0.2, 0.25) is 11.8 Å². The van der Waals surface area contributed by atoms with E-state index < -0.39 is 60.1 Å². The van der Waals surface area contributed by atoms with E-state index in [1.54, 1.807) is 0 Å². The number of carbonyl (C=O) groups is 4. The molecule has 3 atom stereocenters. The van der Waals surface area contributed by atoms with Crippen molar-refractivity contribution in [2.75, 3.05) is 19.7 Å². The molecule has 1 aromatic rings. The number of hydrogen-bond acceptors (Lipinski definition) is 6. The Balaban J connectivity index is 1.51. The van der Waals surface area contributed by atoms with Crippen molar-refractivity contribution in [1.29, 1.82) is 0 Å². The van der Waals surface area contributed by atoms with Crippen molar-refractivity contribution < 1.29 is 41.5 Å². The van der Waals surface area contributed by atoms with Crippen molar-refractivity contribution in [3.63, 3.8) is 0 Å². The monoisotopic (exact) mass is 500 g/mol. The van der Waals surface area contributed by atoms with Crippen LogP contribution in [0, 0.1) is 17.2 Å². The number of halogens is 4. The summed E-state index contributed by atoms with van der Waals surface area (Å²) < 4.78 is 55.2. The third-order valence-corrected chi connectivity index (χ3v) is 6.76. The van der Waals surface area contributed by atoms with Gasteiger partial charge < -0.3 is 15.5 Å². The summed E-state index contributed by atoms with van der Waals surface area (Å²) in [4.78, 5) is 55.8. The van der Waals surface area contributed by atoms with Crippen LogP contribution in [-0.2, 0) is 19.1 Å². The van der Waals surface area contributed by atoms with Gasteiger partial charge in [-0.25, -0.2) is 9.37 Å². The molecule has 2 saturated heterocycles. The quantitative estimate of drug-likeness (QED) is 0.521. The number of amides is 3. The maximum absolute atomic E-state index is 14.2. The van der Waals surface area contributed by atoms with E-state index >= 15 is 0 Å². The van der Waals surface area contributed by atoms with Crippen molar-refractivity contribution >= 4 is 23.5 Å². The molecule has 0 radical (unpaired) electrons. The van der Waals surface area contributed by atoms with Crippen LogP contribution in [0.5, 0.6) is 0 Å². The van der Waals surface area contributed by atoms with E-state index in [-0.39, 0.29) is 30.7 Å². The number of carbonyl (C=O) groups excluding carboxylic acids is 4. The van der Waals surface area contributed by atoms with Gasteiger partial charge in [-0.1, -0.05) is 0 Å². The molecule has 2 aliphatic heterocycles. The Morgan fingerprint density at radius 2 is 2.06 bits per heavy atom. The molecule has 1 saturated carbocycles. The van der Waals surface area contributed by atoms with Crippen molar-refractivity contribution in [2.45, 2.75) is 50.6 Å². The van der Waals surface area contributed by atoms with E-state index in [0.29, 0.717) is 13.0 Å². The first-order valence-corrected chi connectivity index (χ1v) is 11.2. The first-order valence-electron chi connectivity index (χ1n) is 11.2. The Morgan fingerprint density at radius 1 is 1.31 bits per heavy atom. The molecule has 1 aromatic heterocycles. The van der Waals surface area contributed by atoms with Crippen LogP contribution >= 0.6 is 0 Å². The number of nitrogens with zero attached hydrogens (tertiary/aromatic N) is 2. The summed E-state index contributed by atoms with van der Waals surface area (Å²) in [5, 5.41) is 5.01. The highest BCUT2D eigenvalue weighted by Gasteiger charge is 2.56. The fourth-order valence-corrected chi connectivity index (χ4v) is 4.67. The number of Topliss-reactive ketones (excluding diaryl/α,β-unsaturated/α-hetero) is 1. The molecular weight excluding hydrogens is 476 g/mol. The van der Waals surface area contributed by atoms with Gasteiger partial charge in [0.25, 0.3) is 5.91 Å². The molecule has 1 aliphatic carbocycles. The van der Waals surface area contributed by atoms with E-state index in [9.17, 15) is 36.7 Å². The number of likely N-dealkylation sites (tertiary alicyclic amines) is 1. The molecule has 9 nitrogen and oxygen atoms in total. The molecule has 0 bridgehead atoms. The minimum atomic E-state index is -5.05. The number of aromatic nitrogens is 1. The molecule has 3 amide bonds. The van der Waals surface area contributed by atoms with E-state index in [2.05, 4.69) is 20.4 Å². The largest absolute Gasteiger partial charge is 0.522 e. The maximum Gasteiger partial charge on any atom is 0.522 e. The molecule has 1 spiro atoms. The molecule has 4 rings (SSSR count). The van der Waals surface area contributed by atoms with Crippen molar-refractivity contribution in [1.82, 2.24) is 20.5 Å². The second kappa shape index (κ2) is 9.51. The molecule has 3 aliphatic rings. The summed E-state index contributed by atoms with van der Waals surface area (Å²) in [5.41, 5.74) is -0.746. The van der Waals surface area contributed by atoms with Gasteiger partial charge in [0.15, 0.2) is 17.3 Å². The van der Waals surface area contributed by atoms with E-state index in [1.807, 2.05) is 0 Å². The summed E-state index contributed by atoms with van der Waals surface area (Å²) in [7, 11) is 0. The Bertz CT molecular complexity index is 1030. The van der Waals surface area contributed by atoms with Gasteiger partial charge in [0.1, 0.15) is 12.6 Å². The molecule has 190 valence electrons. The first kappa shape index (κ1) is 25.0. The van der Waals surface area contributed by atoms with Crippen LogP contribution in [-0.4, -0.2) is 71.5 Å². The topological polar surface area (TPSA) is 118 Å².